The number of hydrogen-bond donors (Lipinski definition) is 1. The molecule has 8 heteroatoms. The standard InChI is InChI=1S/C27H21FN6O/c28-24-11-19(10-23(12-24)26-32-33-27(31)35-26)8-20-15-34(16-20)25(21-6-4-17(13-29)5-7-21)22-3-1-2-18(9-22)14-30/h1-7,9-12,20,25H,8,15-16H2,(H2,31,33). The van der Waals surface area contributed by atoms with Gasteiger partial charge in [0.2, 0.25) is 5.89 Å². The summed E-state index contributed by atoms with van der Waals surface area (Å²) in [6.45, 7) is 1.61. The van der Waals surface area contributed by atoms with Gasteiger partial charge < -0.3 is 10.2 Å². The van der Waals surface area contributed by atoms with E-state index in [1.807, 2.05) is 48.5 Å². The van der Waals surface area contributed by atoms with Crippen LogP contribution < -0.4 is 5.73 Å². The lowest BCUT2D eigenvalue weighted by molar-refractivity contribution is 0.0688. The molecule has 0 amide bonds. The fourth-order valence-electron chi connectivity index (χ4n) is 4.66. The van der Waals surface area contributed by atoms with Crippen LogP contribution in [0.1, 0.15) is 33.9 Å². The lowest BCUT2D eigenvalue weighted by atomic mass is 9.86. The van der Waals surface area contributed by atoms with Gasteiger partial charge in [-0.1, -0.05) is 29.4 Å². The fraction of sp³-hybridized carbons (Fsp3) is 0.185. The van der Waals surface area contributed by atoms with E-state index >= 15 is 0 Å². The zero-order valence-electron chi connectivity index (χ0n) is 18.7. The van der Waals surface area contributed by atoms with Crippen LogP contribution in [0.15, 0.2) is 71.1 Å². The Balaban J connectivity index is 1.35. The molecule has 1 fully saturated rings. The number of nitrogen functional groups attached to an aromatic ring is 1. The molecule has 2 N–H and O–H groups in total. The summed E-state index contributed by atoms with van der Waals surface area (Å²) in [6, 6.07) is 24.2. The maximum atomic E-state index is 14.3. The molecule has 0 saturated carbocycles. The van der Waals surface area contributed by atoms with Crippen molar-refractivity contribution in [2.75, 3.05) is 18.8 Å². The molecule has 1 saturated heterocycles. The van der Waals surface area contributed by atoms with Gasteiger partial charge in [0.05, 0.1) is 29.3 Å². The van der Waals surface area contributed by atoms with Gasteiger partial charge in [-0.25, -0.2) is 4.39 Å². The van der Waals surface area contributed by atoms with Crippen LogP contribution in [-0.4, -0.2) is 28.2 Å². The zero-order valence-corrected chi connectivity index (χ0v) is 18.7. The van der Waals surface area contributed by atoms with Gasteiger partial charge in [-0.15, -0.1) is 5.10 Å². The number of benzene rings is 3. The highest BCUT2D eigenvalue weighted by Gasteiger charge is 2.34. The molecular weight excluding hydrogens is 443 g/mol. The van der Waals surface area contributed by atoms with Crippen LogP contribution in [0.25, 0.3) is 11.5 Å². The minimum Gasteiger partial charge on any atom is -0.404 e. The summed E-state index contributed by atoms with van der Waals surface area (Å²) in [6.07, 6.45) is 0.698. The number of nitriles is 2. The third-order valence-corrected chi connectivity index (χ3v) is 6.21. The summed E-state index contributed by atoms with van der Waals surface area (Å²) in [5, 5.41) is 26.0. The van der Waals surface area contributed by atoms with Crippen LogP contribution in [0.4, 0.5) is 10.4 Å². The van der Waals surface area contributed by atoms with Crippen molar-refractivity contribution in [3.63, 3.8) is 0 Å². The molecule has 5 rings (SSSR count). The summed E-state index contributed by atoms with van der Waals surface area (Å²) in [4.78, 5) is 2.33. The summed E-state index contributed by atoms with van der Waals surface area (Å²) in [5.41, 5.74) is 10.1. The molecule has 0 aliphatic carbocycles. The number of likely N-dealkylation sites (tertiary alicyclic amines) is 1. The molecule has 1 aromatic heterocycles. The van der Waals surface area contributed by atoms with Gasteiger partial charge in [0.1, 0.15) is 5.82 Å². The van der Waals surface area contributed by atoms with Crippen LogP contribution in [-0.2, 0) is 6.42 Å². The van der Waals surface area contributed by atoms with E-state index in [1.54, 1.807) is 6.07 Å². The highest BCUT2D eigenvalue weighted by molar-refractivity contribution is 5.55. The van der Waals surface area contributed by atoms with E-state index in [1.165, 1.54) is 12.1 Å². The molecule has 1 unspecified atom stereocenters. The topological polar surface area (TPSA) is 116 Å². The minimum atomic E-state index is -0.366. The van der Waals surface area contributed by atoms with Gasteiger partial charge in [0, 0.05) is 18.7 Å². The first-order chi connectivity index (χ1) is 17.0. The van der Waals surface area contributed by atoms with Gasteiger partial charge >= 0.3 is 6.01 Å². The minimum absolute atomic E-state index is 0.0447. The number of anilines is 1. The zero-order chi connectivity index (χ0) is 24.4. The van der Waals surface area contributed by atoms with Crippen LogP contribution in [0.5, 0.6) is 0 Å². The van der Waals surface area contributed by atoms with E-state index in [9.17, 15) is 9.65 Å². The van der Waals surface area contributed by atoms with Crippen molar-refractivity contribution in [1.82, 2.24) is 15.1 Å². The molecule has 4 aromatic rings. The Labute approximate surface area is 201 Å². The number of hydrogen-bond acceptors (Lipinski definition) is 7. The third-order valence-electron chi connectivity index (χ3n) is 6.21. The second kappa shape index (κ2) is 9.38. The van der Waals surface area contributed by atoms with Crippen molar-refractivity contribution >= 4 is 6.01 Å². The molecule has 1 atom stereocenters. The first kappa shape index (κ1) is 22.3. The number of nitrogens with zero attached hydrogens (tertiary/aromatic N) is 5. The molecule has 7 nitrogen and oxygen atoms in total. The van der Waals surface area contributed by atoms with Crippen molar-refractivity contribution in [2.45, 2.75) is 12.5 Å². The van der Waals surface area contributed by atoms with E-state index in [-0.39, 0.29) is 23.8 Å². The Morgan fingerprint density at radius 2 is 1.74 bits per heavy atom. The van der Waals surface area contributed by atoms with Gasteiger partial charge in [-0.05, 0) is 71.5 Å². The molecule has 2 heterocycles. The van der Waals surface area contributed by atoms with Gasteiger partial charge in [0.25, 0.3) is 0 Å². The fourth-order valence-corrected chi connectivity index (χ4v) is 4.66. The predicted octanol–water partition coefficient (Wildman–Crippen LogP) is 4.47. The van der Waals surface area contributed by atoms with Gasteiger partial charge in [-0.2, -0.15) is 10.5 Å². The highest BCUT2D eigenvalue weighted by atomic mass is 19.1. The average Bonchev–Trinajstić information content (AvgIpc) is 3.29. The Morgan fingerprint density at radius 1 is 0.971 bits per heavy atom. The quantitative estimate of drug-likeness (QED) is 0.448. The lowest BCUT2D eigenvalue weighted by Gasteiger charge is -2.45. The van der Waals surface area contributed by atoms with Crippen LogP contribution in [0.2, 0.25) is 0 Å². The molecular formula is C27H21FN6O. The van der Waals surface area contributed by atoms with E-state index in [4.69, 9.17) is 15.4 Å². The van der Waals surface area contributed by atoms with Crippen molar-refractivity contribution in [3.05, 3.63) is 100 Å². The van der Waals surface area contributed by atoms with Crippen LogP contribution >= 0.6 is 0 Å². The predicted molar refractivity (Wildman–Crippen MR) is 127 cm³/mol. The largest absolute Gasteiger partial charge is 0.404 e. The second-order valence-corrected chi connectivity index (χ2v) is 8.69. The lowest BCUT2D eigenvalue weighted by Crippen LogP contribution is -2.49. The maximum Gasteiger partial charge on any atom is 0.313 e. The number of nitrogens with two attached hydrogens (primary N) is 1. The van der Waals surface area contributed by atoms with Crippen LogP contribution in [0, 0.1) is 34.4 Å². The molecule has 3 aromatic carbocycles. The first-order valence-electron chi connectivity index (χ1n) is 11.2. The molecule has 1 aliphatic heterocycles. The Hall–Kier alpha value is -4.53. The Bertz CT molecular complexity index is 1440. The Morgan fingerprint density at radius 3 is 2.43 bits per heavy atom. The number of halogens is 1. The highest BCUT2D eigenvalue weighted by Crippen LogP contribution is 2.36. The van der Waals surface area contributed by atoms with Gasteiger partial charge in [0.15, 0.2) is 0 Å². The second-order valence-electron chi connectivity index (χ2n) is 8.69. The Kier molecular flexibility index (Phi) is 5.97. The molecule has 1 aliphatic rings. The van der Waals surface area contributed by atoms with E-state index in [0.717, 1.165) is 29.8 Å². The monoisotopic (exact) mass is 464 g/mol. The maximum absolute atomic E-state index is 14.3. The number of rotatable bonds is 6. The summed E-state index contributed by atoms with van der Waals surface area (Å²) in [5.74, 6) is 0.156. The SMILES string of the molecule is N#Cc1ccc(C(c2cccc(C#N)c2)N2CC(Cc3cc(F)cc(-c4nnc(N)o4)c3)C2)cc1. The van der Waals surface area contributed by atoms with Crippen molar-refractivity contribution < 1.29 is 8.81 Å². The smallest absolute Gasteiger partial charge is 0.313 e. The summed E-state index contributed by atoms with van der Waals surface area (Å²) < 4.78 is 19.5. The average molecular weight is 465 g/mol. The van der Waals surface area contributed by atoms with E-state index < -0.39 is 0 Å². The van der Waals surface area contributed by atoms with Crippen molar-refractivity contribution in [2.24, 2.45) is 5.92 Å². The normalized spacial score (nSPS) is 14.6. The van der Waals surface area contributed by atoms with Crippen molar-refractivity contribution in [3.8, 4) is 23.6 Å². The first-order valence-corrected chi connectivity index (χ1v) is 11.2. The molecule has 0 radical (unpaired) electrons. The molecule has 35 heavy (non-hydrogen) atoms. The molecule has 0 bridgehead atoms. The van der Waals surface area contributed by atoms with Gasteiger partial charge in [-0.3, -0.25) is 4.90 Å². The van der Waals surface area contributed by atoms with E-state index in [2.05, 4.69) is 27.2 Å². The van der Waals surface area contributed by atoms with E-state index in [0.29, 0.717) is 29.0 Å². The molecule has 172 valence electrons. The third kappa shape index (κ3) is 4.74. The summed E-state index contributed by atoms with van der Waals surface area (Å²) in [7, 11) is 0. The van der Waals surface area contributed by atoms with Crippen LogP contribution in [0.3, 0.4) is 0 Å². The van der Waals surface area contributed by atoms with Crippen molar-refractivity contribution in [1.29, 1.82) is 10.5 Å². The number of aromatic nitrogens is 2. The summed E-state index contributed by atoms with van der Waals surface area (Å²) >= 11 is 0. The molecule has 0 spiro atoms.